The van der Waals surface area contributed by atoms with E-state index in [1.54, 1.807) is 0 Å². The van der Waals surface area contributed by atoms with Crippen LogP contribution in [0.25, 0.3) is 0 Å². The first-order valence-electron chi connectivity index (χ1n) is 1.88. The molecule has 6 heteroatoms. The topological polar surface area (TPSA) is 29.5 Å². The molecule has 0 atom stereocenters. The van der Waals surface area contributed by atoms with Gasteiger partial charge in [-0.05, 0) is 0 Å². The van der Waals surface area contributed by atoms with Crippen LogP contribution in [0.5, 0.6) is 0 Å². The van der Waals surface area contributed by atoms with Gasteiger partial charge >= 0.3 is 63.6 Å². The van der Waals surface area contributed by atoms with Crippen molar-refractivity contribution in [3.8, 4) is 0 Å². The molecule has 0 radical (unpaired) electrons. The molecule has 8 heavy (non-hydrogen) atoms. The number of halogens is 3. The van der Waals surface area contributed by atoms with Gasteiger partial charge in [0.05, 0.1) is 0 Å². The molecule has 0 unspecified atom stereocenters. The van der Waals surface area contributed by atoms with E-state index in [-0.39, 0.29) is 13.2 Å². The summed E-state index contributed by atoms with van der Waals surface area (Å²) in [4.78, 5) is 0. The van der Waals surface area contributed by atoms with Gasteiger partial charge in [0.25, 0.3) is 0 Å². The Balaban J connectivity index is 3.11. The molecule has 0 spiro atoms. The first-order chi connectivity index (χ1) is 3.56. The fourth-order valence-electron chi connectivity index (χ4n) is 0.161. The molecular formula is C2H6Cl3O2Sb. The zero-order chi connectivity index (χ0) is 6.62. The Morgan fingerprint density at radius 2 is 1.88 bits per heavy atom. The van der Waals surface area contributed by atoms with E-state index in [1.165, 1.54) is 0 Å². The summed E-state index contributed by atoms with van der Waals surface area (Å²) in [7, 11) is 16.0. The molecule has 0 bridgehead atoms. The molecule has 0 aromatic rings. The third kappa shape index (κ3) is 7.61. The predicted octanol–water partition coefficient (Wildman–Crippen LogP) is 0.880. The second kappa shape index (κ2) is 4.43. The first-order valence-corrected chi connectivity index (χ1v) is 13.9. The molecule has 0 saturated carbocycles. The summed E-state index contributed by atoms with van der Waals surface area (Å²) in [5.74, 6) is 0. The maximum atomic E-state index is 8.16. The van der Waals surface area contributed by atoms with E-state index in [9.17, 15) is 0 Å². The van der Waals surface area contributed by atoms with E-state index in [0.717, 1.165) is 0 Å². The molecule has 0 aromatic carbocycles. The van der Waals surface area contributed by atoms with E-state index >= 15 is 0 Å². The van der Waals surface area contributed by atoms with Crippen LogP contribution >= 0.6 is 26.5 Å². The molecule has 0 amide bonds. The van der Waals surface area contributed by atoms with Crippen molar-refractivity contribution in [1.82, 2.24) is 0 Å². The summed E-state index contributed by atoms with van der Waals surface area (Å²) < 4.78 is 4.63. The summed E-state index contributed by atoms with van der Waals surface area (Å²) in [5.41, 5.74) is 0. The third-order valence-corrected chi connectivity index (χ3v) is 4.07. The normalized spacial score (nSPS) is 14.0. The van der Waals surface area contributed by atoms with Crippen molar-refractivity contribution >= 4 is 42.3 Å². The Morgan fingerprint density at radius 1 is 1.38 bits per heavy atom. The SMILES string of the molecule is OCC[O][SbH]([Cl])([Cl])[Cl]. The van der Waals surface area contributed by atoms with Crippen molar-refractivity contribution in [2.75, 3.05) is 13.2 Å². The zero-order valence-electron chi connectivity index (χ0n) is 3.90. The molecule has 0 aromatic heterocycles. The van der Waals surface area contributed by atoms with Gasteiger partial charge < -0.3 is 0 Å². The number of hydrogen-bond donors (Lipinski definition) is 1. The van der Waals surface area contributed by atoms with Crippen LogP contribution in [0.2, 0.25) is 0 Å². The Morgan fingerprint density at radius 3 is 2.00 bits per heavy atom. The van der Waals surface area contributed by atoms with Crippen molar-refractivity contribution in [3.05, 3.63) is 0 Å². The molecule has 1 N–H and O–H groups in total. The fraction of sp³-hybridized carbons (Fsp3) is 1.00. The van der Waals surface area contributed by atoms with Gasteiger partial charge in [-0.15, -0.1) is 0 Å². The molecule has 0 rings (SSSR count). The van der Waals surface area contributed by atoms with Crippen molar-refractivity contribution in [1.29, 1.82) is 0 Å². The first kappa shape index (κ1) is 9.61. The summed E-state index contributed by atoms with van der Waals surface area (Å²) in [6.07, 6.45) is 0. The summed E-state index contributed by atoms with van der Waals surface area (Å²) >= 11 is -3.55. The van der Waals surface area contributed by atoms with Gasteiger partial charge in [0.1, 0.15) is 0 Å². The molecule has 52 valence electrons. The summed E-state index contributed by atoms with van der Waals surface area (Å²) in [5, 5.41) is 8.16. The molecule has 0 heterocycles. The van der Waals surface area contributed by atoms with Crippen LogP contribution in [-0.4, -0.2) is 34.1 Å². The molecule has 0 fully saturated rings. The van der Waals surface area contributed by atoms with Crippen LogP contribution in [0.1, 0.15) is 0 Å². The van der Waals surface area contributed by atoms with Crippen LogP contribution < -0.4 is 0 Å². The van der Waals surface area contributed by atoms with Gasteiger partial charge in [-0.25, -0.2) is 0 Å². The Bertz CT molecular complexity index is 62.8. The monoisotopic (exact) mass is 288 g/mol. The van der Waals surface area contributed by atoms with Crippen LogP contribution in [0, 0.1) is 0 Å². The van der Waals surface area contributed by atoms with Gasteiger partial charge in [0, 0.05) is 0 Å². The third-order valence-electron chi connectivity index (χ3n) is 0.357. The van der Waals surface area contributed by atoms with Gasteiger partial charge in [-0.1, -0.05) is 0 Å². The van der Waals surface area contributed by atoms with Crippen molar-refractivity contribution in [2.24, 2.45) is 0 Å². The van der Waals surface area contributed by atoms with E-state index in [2.05, 4.69) is 3.02 Å². The number of aliphatic hydroxyl groups excluding tert-OH is 1. The van der Waals surface area contributed by atoms with Crippen molar-refractivity contribution in [2.45, 2.75) is 0 Å². The van der Waals surface area contributed by atoms with Gasteiger partial charge in [-0.3, -0.25) is 0 Å². The molecular weight excluding hydrogens is 284 g/mol. The molecule has 0 saturated heterocycles. The predicted molar refractivity (Wildman–Crippen MR) is 37.7 cm³/mol. The number of rotatable bonds is 3. The second-order valence-corrected chi connectivity index (χ2v) is 19.0. The molecule has 2 nitrogen and oxygen atoms in total. The van der Waals surface area contributed by atoms with Gasteiger partial charge in [0.15, 0.2) is 0 Å². The maximum absolute atomic E-state index is 8.16. The zero-order valence-corrected chi connectivity index (χ0v) is 9.03. The van der Waals surface area contributed by atoms with Crippen LogP contribution in [0.15, 0.2) is 0 Å². The van der Waals surface area contributed by atoms with E-state index in [0.29, 0.717) is 0 Å². The van der Waals surface area contributed by atoms with Crippen LogP contribution in [-0.2, 0) is 3.02 Å². The van der Waals surface area contributed by atoms with E-state index < -0.39 is 15.8 Å². The van der Waals surface area contributed by atoms with Crippen molar-refractivity contribution in [3.63, 3.8) is 0 Å². The fourth-order valence-corrected chi connectivity index (χ4v) is 2.64. The van der Waals surface area contributed by atoms with Crippen molar-refractivity contribution < 1.29 is 8.12 Å². The second-order valence-electron chi connectivity index (χ2n) is 1.02. The summed E-state index contributed by atoms with van der Waals surface area (Å²) in [6.45, 7) is 0.0391. The van der Waals surface area contributed by atoms with Crippen LogP contribution in [0.4, 0.5) is 0 Å². The Kier molecular flexibility index (Phi) is 5.32. The van der Waals surface area contributed by atoms with Gasteiger partial charge in [-0.2, -0.15) is 0 Å². The van der Waals surface area contributed by atoms with Crippen LogP contribution in [0.3, 0.4) is 0 Å². The van der Waals surface area contributed by atoms with E-state index in [1.807, 2.05) is 0 Å². The minimum atomic E-state index is -3.55. The standard InChI is InChI=1S/C2H5O2.3ClH.Sb.H/c3-1-2-4;;;;;/h3H,1-2H2;3*1H;;/q-1;;;;+4;/p-3. The quantitative estimate of drug-likeness (QED) is 0.782. The number of hydrogen-bond acceptors (Lipinski definition) is 2. The van der Waals surface area contributed by atoms with Gasteiger partial charge in [0.2, 0.25) is 0 Å². The molecule has 0 aliphatic carbocycles. The minimum absolute atomic E-state index is 0.0924. The average molecular weight is 290 g/mol. The molecule has 0 aliphatic rings. The van der Waals surface area contributed by atoms with E-state index in [4.69, 9.17) is 31.6 Å². The Labute approximate surface area is 63.3 Å². The summed E-state index contributed by atoms with van der Waals surface area (Å²) in [6, 6.07) is 0. The Hall–Kier alpha value is 1.61. The molecule has 0 aliphatic heterocycles. The number of aliphatic hydroxyl groups is 1. The average Bonchev–Trinajstić information content (AvgIpc) is 1.59.